The van der Waals surface area contributed by atoms with Crippen molar-refractivity contribution in [3.8, 4) is 0 Å². The molecule has 0 aliphatic rings. The highest BCUT2D eigenvalue weighted by Gasteiger charge is 2.18. The molecular formula is C15H18N2OS. The summed E-state index contributed by atoms with van der Waals surface area (Å²) >= 11 is 1.64. The van der Waals surface area contributed by atoms with Gasteiger partial charge < -0.3 is 5.73 Å². The molecule has 1 unspecified atom stereocenters. The van der Waals surface area contributed by atoms with E-state index in [1.165, 1.54) is 4.88 Å². The van der Waals surface area contributed by atoms with Crippen LogP contribution in [-0.4, -0.2) is 5.91 Å². The fourth-order valence-electron chi connectivity index (χ4n) is 1.90. The summed E-state index contributed by atoms with van der Waals surface area (Å²) in [7, 11) is 0. The molecule has 3 nitrogen and oxygen atoms in total. The van der Waals surface area contributed by atoms with Gasteiger partial charge in [-0.1, -0.05) is 37.3 Å². The van der Waals surface area contributed by atoms with Crippen LogP contribution in [0.15, 0.2) is 42.5 Å². The summed E-state index contributed by atoms with van der Waals surface area (Å²) in [5.41, 5.74) is 6.63. The van der Waals surface area contributed by atoms with E-state index in [1.807, 2.05) is 36.4 Å². The monoisotopic (exact) mass is 274 g/mol. The second kappa shape index (κ2) is 6.50. The molecule has 1 amide bonds. The van der Waals surface area contributed by atoms with Gasteiger partial charge in [0.15, 0.2) is 0 Å². The summed E-state index contributed by atoms with van der Waals surface area (Å²) in [5.74, 6) is -0.333. The molecule has 0 bridgehead atoms. The molecule has 4 heteroatoms. The van der Waals surface area contributed by atoms with Crippen LogP contribution in [0.1, 0.15) is 28.3 Å². The highest BCUT2D eigenvalue weighted by atomic mass is 32.1. The topological polar surface area (TPSA) is 55.1 Å². The number of aryl methyl sites for hydroxylation is 1. The van der Waals surface area contributed by atoms with Crippen molar-refractivity contribution in [3.63, 3.8) is 0 Å². The maximum atomic E-state index is 11.6. The second-order valence-corrected chi connectivity index (χ2v) is 5.56. The molecule has 1 aromatic heterocycles. The Kier molecular flexibility index (Phi) is 4.71. The van der Waals surface area contributed by atoms with Crippen molar-refractivity contribution in [2.24, 2.45) is 5.73 Å². The lowest BCUT2D eigenvalue weighted by Crippen LogP contribution is -2.32. The zero-order valence-electron chi connectivity index (χ0n) is 10.9. The van der Waals surface area contributed by atoms with Gasteiger partial charge in [-0.3, -0.25) is 10.1 Å². The van der Waals surface area contributed by atoms with Crippen LogP contribution < -0.4 is 11.1 Å². The predicted molar refractivity (Wildman–Crippen MR) is 78.9 cm³/mol. The van der Waals surface area contributed by atoms with Crippen molar-refractivity contribution in [3.05, 3.63) is 57.8 Å². The zero-order chi connectivity index (χ0) is 13.7. The van der Waals surface area contributed by atoms with E-state index in [0.717, 1.165) is 16.9 Å². The van der Waals surface area contributed by atoms with Crippen LogP contribution in [0, 0.1) is 0 Å². The maximum absolute atomic E-state index is 11.6. The number of hydrogen-bond acceptors (Lipinski definition) is 3. The summed E-state index contributed by atoms with van der Waals surface area (Å²) in [4.78, 5) is 13.8. The van der Waals surface area contributed by atoms with Gasteiger partial charge in [0.1, 0.15) is 6.04 Å². The average Bonchev–Trinajstić information content (AvgIpc) is 2.88. The van der Waals surface area contributed by atoms with Crippen molar-refractivity contribution in [1.82, 2.24) is 5.32 Å². The predicted octanol–water partition coefficient (Wildman–Crippen LogP) is 2.63. The molecule has 0 saturated heterocycles. The lowest BCUT2D eigenvalue weighted by atomic mass is 10.2. The van der Waals surface area contributed by atoms with Gasteiger partial charge in [-0.25, -0.2) is 0 Å². The summed E-state index contributed by atoms with van der Waals surface area (Å²) < 4.78 is 0. The molecule has 2 aromatic rings. The van der Waals surface area contributed by atoms with Crippen LogP contribution in [0.25, 0.3) is 0 Å². The molecule has 0 saturated carbocycles. The number of primary amides is 1. The first kappa shape index (κ1) is 13.8. The Hall–Kier alpha value is -1.65. The van der Waals surface area contributed by atoms with Gasteiger partial charge in [0.25, 0.3) is 0 Å². The summed E-state index contributed by atoms with van der Waals surface area (Å²) in [6.45, 7) is 2.74. The molecule has 0 radical (unpaired) electrons. The lowest BCUT2D eigenvalue weighted by molar-refractivity contribution is -0.120. The number of amides is 1. The van der Waals surface area contributed by atoms with E-state index in [0.29, 0.717) is 6.54 Å². The zero-order valence-corrected chi connectivity index (χ0v) is 11.7. The number of rotatable bonds is 6. The Balaban J connectivity index is 2.06. The third kappa shape index (κ3) is 3.66. The van der Waals surface area contributed by atoms with Crippen LogP contribution in [0.3, 0.4) is 0 Å². The number of nitrogens with two attached hydrogens (primary N) is 1. The van der Waals surface area contributed by atoms with Gasteiger partial charge in [0, 0.05) is 16.3 Å². The summed E-state index contributed by atoms with van der Waals surface area (Å²) in [6, 6.07) is 13.6. The third-order valence-electron chi connectivity index (χ3n) is 2.95. The fraction of sp³-hybridized carbons (Fsp3) is 0.267. The molecule has 2 rings (SSSR count). The lowest BCUT2D eigenvalue weighted by Gasteiger charge is -2.13. The van der Waals surface area contributed by atoms with Crippen LogP contribution in [0.4, 0.5) is 0 Å². The quantitative estimate of drug-likeness (QED) is 0.850. The van der Waals surface area contributed by atoms with E-state index >= 15 is 0 Å². The van der Waals surface area contributed by atoms with Crippen LogP contribution in [-0.2, 0) is 17.8 Å². The van der Waals surface area contributed by atoms with Crippen molar-refractivity contribution in [2.45, 2.75) is 25.9 Å². The normalized spacial score (nSPS) is 12.3. The van der Waals surface area contributed by atoms with Crippen molar-refractivity contribution >= 4 is 17.2 Å². The van der Waals surface area contributed by atoms with Crippen LogP contribution in [0.2, 0.25) is 0 Å². The van der Waals surface area contributed by atoms with Gasteiger partial charge in [0.2, 0.25) is 5.91 Å². The highest BCUT2D eigenvalue weighted by molar-refractivity contribution is 7.12. The number of thiophene rings is 1. The minimum atomic E-state index is -0.412. The first-order chi connectivity index (χ1) is 9.20. The largest absolute Gasteiger partial charge is 0.368 e. The molecule has 0 spiro atoms. The van der Waals surface area contributed by atoms with Crippen molar-refractivity contribution < 1.29 is 4.79 Å². The molecule has 1 aromatic carbocycles. The van der Waals surface area contributed by atoms with Crippen molar-refractivity contribution in [1.29, 1.82) is 0 Å². The van der Waals surface area contributed by atoms with E-state index in [-0.39, 0.29) is 5.91 Å². The third-order valence-corrected chi connectivity index (χ3v) is 4.25. The first-order valence-corrected chi connectivity index (χ1v) is 7.17. The Morgan fingerprint density at radius 2 is 2.00 bits per heavy atom. The number of hydrogen-bond donors (Lipinski definition) is 2. The van der Waals surface area contributed by atoms with E-state index in [1.54, 1.807) is 11.3 Å². The van der Waals surface area contributed by atoms with Gasteiger partial charge >= 0.3 is 0 Å². The van der Waals surface area contributed by atoms with E-state index in [9.17, 15) is 4.79 Å². The van der Waals surface area contributed by atoms with Gasteiger partial charge in [-0.2, -0.15) is 0 Å². The van der Waals surface area contributed by atoms with E-state index < -0.39 is 6.04 Å². The summed E-state index contributed by atoms with van der Waals surface area (Å²) in [6.07, 6.45) is 0.981. The van der Waals surface area contributed by atoms with Crippen LogP contribution >= 0.6 is 11.3 Å². The smallest absolute Gasteiger partial charge is 0.240 e. The Morgan fingerprint density at radius 1 is 1.26 bits per heavy atom. The number of carbonyl (C=O) groups is 1. The first-order valence-electron chi connectivity index (χ1n) is 6.36. The molecule has 0 aliphatic carbocycles. The molecule has 19 heavy (non-hydrogen) atoms. The average molecular weight is 274 g/mol. The molecule has 1 atom stereocenters. The fourth-order valence-corrected chi connectivity index (χ4v) is 2.93. The van der Waals surface area contributed by atoms with Crippen molar-refractivity contribution in [2.75, 3.05) is 0 Å². The standard InChI is InChI=1S/C15H18N2OS/c1-2-12-8-9-13(19-12)14(15(16)18)17-10-11-6-4-3-5-7-11/h3-9,14,17H,2,10H2,1H3,(H2,16,18). The van der Waals surface area contributed by atoms with E-state index in [2.05, 4.69) is 18.3 Å². The van der Waals surface area contributed by atoms with Gasteiger partial charge in [-0.05, 0) is 24.1 Å². The van der Waals surface area contributed by atoms with Crippen LogP contribution in [0.5, 0.6) is 0 Å². The van der Waals surface area contributed by atoms with Gasteiger partial charge in [0.05, 0.1) is 0 Å². The van der Waals surface area contributed by atoms with E-state index in [4.69, 9.17) is 5.73 Å². The SMILES string of the molecule is CCc1ccc(C(NCc2ccccc2)C(N)=O)s1. The Labute approximate surface area is 117 Å². The number of nitrogens with one attached hydrogen (secondary N) is 1. The summed E-state index contributed by atoms with van der Waals surface area (Å²) in [5, 5.41) is 3.23. The Morgan fingerprint density at radius 3 is 2.58 bits per heavy atom. The molecule has 100 valence electrons. The molecular weight excluding hydrogens is 256 g/mol. The second-order valence-electron chi connectivity index (χ2n) is 4.36. The Bertz CT molecular complexity index is 536. The molecule has 1 heterocycles. The number of carbonyl (C=O) groups excluding carboxylic acids is 1. The van der Waals surface area contributed by atoms with Gasteiger partial charge in [-0.15, -0.1) is 11.3 Å². The minimum absolute atomic E-state index is 0.333. The highest BCUT2D eigenvalue weighted by Crippen LogP contribution is 2.24. The number of benzene rings is 1. The maximum Gasteiger partial charge on any atom is 0.240 e. The minimum Gasteiger partial charge on any atom is -0.368 e. The molecule has 0 aliphatic heterocycles. The molecule has 0 fully saturated rings. The molecule has 3 N–H and O–H groups in total.